The van der Waals surface area contributed by atoms with Crippen LogP contribution in [0.3, 0.4) is 0 Å². The predicted molar refractivity (Wildman–Crippen MR) is 293 cm³/mol. The zero-order valence-corrected chi connectivity index (χ0v) is 40.6. The lowest BCUT2D eigenvalue weighted by atomic mass is 9.85. The Labute approximate surface area is 411 Å². The van der Waals surface area contributed by atoms with E-state index in [4.69, 9.17) is 23.8 Å². The van der Waals surface area contributed by atoms with Gasteiger partial charge in [0.05, 0.1) is 16.7 Å². The van der Waals surface area contributed by atoms with Gasteiger partial charge in [0.25, 0.3) is 0 Å². The molecule has 0 spiro atoms. The van der Waals surface area contributed by atoms with E-state index in [1.54, 1.807) is 0 Å². The molecule has 0 atom stereocenters. The Morgan fingerprint density at radius 2 is 0.831 bits per heavy atom. The van der Waals surface area contributed by atoms with Crippen LogP contribution >= 0.6 is 0 Å². The van der Waals surface area contributed by atoms with E-state index in [9.17, 15) is 0 Å². The molecular weight excluding hydrogens is 869 g/mol. The molecule has 0 N–H and O–H groups in total. The molecule has 0 aliphatic heterocycles. The molecule has 4 aromatic heterocycles. The number of nitrogens with zero attached hydrogens (tertiary/aromatic N) is 4. The largest absolute Gasteiger partial charge is 0.456 e. The summed E-state index contributed by atoms with van der Waals surface area (Å²) >= 11 is 0. The van der Waals surface area contributed by atoms with Crippen LogP contribution in [0.1, 0.15) is 52.7 Å². The van der Waals surface area contributed by atoms with Crippen molar-refractivity contribution in [3.8, 4) is 62.1 Å². The van der Waals surface area contributed by atoms with Crippen LogP contribution in [0.25, 0.3) is 128 Å². The highest BCUT2D eigenvalue weighted by molar-refractivity contribution is 6.13. The number of benzene rings is 9. The maximum Gasteiger partial charge on any atom is 0.164 e. The number of hydrogen-bond donors (Lipinski definition) is 0. The molecular formula is C65H50N4O2. The highest BCUT2D eigenvalue weighted by Crippen LogP contribution is 2.46. The SMILES string of the molecule is CC(C)(C)c1ccc2c(c1)c1cc(C(C)(C)C)ccc1n2-c1c(-c2ccccc2)cc(-c2nc(-c3ccc4c(c3)oc3ccccc34)nc(-c3cccc4oc5ccccc5c34)n2)cc1-c1ccccc1. The smallest absolute Gasteiger partial charge is 0.164 e. The van der Waals surface area contributed by atoms with Crippen molar-refractivity contribution in [2.45, 2.75) is 52.4 Å². The maximum atomic E-state index is 6.44. The topological polar surface area (TPSA) is 69.9 Å². The first kappa shape index (κ1) is 42.5. The summed E-state index contributed by atoms with van der Waals surface area (Å²) < 4.78 is 15.4. The molecule has 0 fully saturated rings. The predicted octanol–water partition coefficient (Wildman–Crippen LogP) is 17.7. The second-order valence-electron chi connectivity index (χ2n) is 20.8. The van der Waals surface area contributed by atoms with Crippen molar-refractivity contribution in [2.24, 2.45) is 0 Å². The Morgan fingerprint density at radius 1 is 0.338 bits per heavy atom. The zero-order valence-electron chi connectivity index (χ0n) is 40.6. The fourth-order valence-corrected chi connectivity index (χ4v) is 10.5. The minimum Gasteiger partial charge on any atom is -0.456 e. The van der Waals surface area contributed by atoms with Crippen LogP contribution < -0.4 is 0 Å². The first-order valence-corrected chi connectivity index (χ1v) is 24.4. The number of aromatic nitrogens is 4. The second-order valence-corrected chi connectivity index (χ2v) is 20.8. The molecule has 0 aliphatic carbocycles. The molecule has 0 saturated carbocycles. The number of hydrogen-bond acceptors (Lipinski definition) is 5. The maximum absolute atomic E-state index is 6.44. The van der Waals surface area contributed by atoms with Crippen molar-refractivity contribution >= 4 is 65.7 Å². The van der Waals surface area contributed by atoms with E-state index in [-0.39, 0.29) is 10.8 Å². The molecule has 0 radical (unpaired) electrons. The van der Waals surface area contributed by atoms with Crippen LogP contribution in [0.2, 0.25) is 0 Å². The fourth-order valence-electron chi connectivity index (χ4n) is 10.5. The zero-order chi connectivity index (χ0) is 48.2. The number of para-hydroxylation sites is 2. The van der Waals surface area contributed by atoms with Crippen molar-refractivity contribution in [3.63, 3.8) is 0 Å². The highest BCUT2D eigenvalue weighted by Gasteiger charge is 2.26. The van der Waals surface area contributed by atoms with Gasteiger partial charge >= 0.3 is 0 Å². The van der Waals surface area contributed by atoms with Crippen LogP contribution in [0.5, 0.6) is 0 Å². The van der Waals surface area contributed by atoms with Gasteiger partial charge in [-0.25, -0.2) is 15.0 Å². The van der Waals surface area contributed by atoms with E-state index >= 15 is 0 Å². The van der Waals surface area contributed by atoms with Gasteiger partial charge in [0.15, 0.2) is 17.5 Å². The summed E-state index contributed by atoms with van der Waals surface area (Å²) in [5.74, 6) is 1.63. The summed E-state index contributed by atoms with van der Waals surface area (Å²) in [5.41, 5.74) is 15.9. The molecule has 0 bridgehead atoms. The molecule has 0 unspecified atom stereocenters. The minimum absolute atomic E-state index is 0.0351. The van der Waals surface area contributed by atoms with Crippen LogP contribution in [-0.4, -0.2) is 19.5 Å². The van der Waals surface area contributed by atoms with Crippen LogP contribution in [0.4, 0.5) is 0 Å². The van der Waals surface area contributed by atoms with Gasteiger partial charge in [-0.05, 0) is 99.8 Å². The van der Waals surface area contributed by atoms with E-state index in [0.717, 1.165) is 99.5 Å². The third-order valence-corrected chi connectivity index (χ3v) is 14.2. The lowest BCUT2D eigenvalue weighted by Gasteiger charge is -2.22. The average molecular weight is 919 g/mol. The lowest BCUT2D eigenvalue weighted by Crippen LogP contribution is -2.10. The van der Waals surface area contributed by atoms with Crippen LogP contribution in [-0.2, 0) is 10.8 Å². The fraction of sp³-hybridized carbons (Fsp3) is 0.123. The van der Waals surface area contributed by atoms with Crippen LogP contribution in [0.15, 0.2) is 203 Å². The van der Waals surface area contributed by atoms with Crippen molar-refractivity contribution < 1.29 is 8.83 Å². The van der Waals surface area contributed by atoms with Gasteiger partial charge in [-0.3, -0.25) is 0 Å². The first-order valence-electron chi connectivity index (χ1n) is 24.4. The third kappa shape index (κ3) is 7.12. The van der Waals surface area contributed by atoms with Crippen molar-refractivity contribution in [1.82, 2.24) is 19.5 Å². The molecule has 0 saturated heterocycles. The van der Waals surface area contributed by atoms with E-state index in [0.29, 0.717) is 17.5 Å². The molecule has 13 rings (SSSR count). The summed E-state index contributed by atoms with van der Waals surface area (Å²) in [6, 6.07) is 68.8. The quantitative estimate of drug-likeness (QED) is 0.166. The van der Waals surface area contributed by atoms with E-state index < -0.39 is 0 Å². The Morgan fingerprint density at radius 3 is 1.44 bits per heavy atom. The van der Waals surface area contributed by atoms with E-state index in [2.05, 4.69) is 192 Å². The first-order chi connectivity index (χ1) is 34.4. The van der Waals surface area contributed by atoms with Gasteiger partial charge in [0.1, 0.15) is 22.3 Å². The number of fused-ring (bicyclic) bond motifs is 9. The monoisotopic (exact) mass is 918 g/mol. The molecule has 13 aromatic rings. The molecule has 6 heteroatoms. The van der Waals surface area contributed by atoms with Crippen molar-refractivity contribution in [2.75, 3.05) is 0 Å². The Balaban J connectivity index is 1.13. The van der Waals surface area contributed by atoms with Gasteiger partial charge in [-0.15, -0.1) is 0 Å². The highest BCUT2D eigenvalue weighted by atomic mass is 16.3. The second kappa shape index (κ2) is 16.0. The normalized spacial score (nSPS) is 12.4. The lowest BCUT2D eigenvalue weighted by molar-refractivity contribution is 0.590. The average Bonchev–Trinajstić information content (AvgIpc) is 4.07. The van der Waals surface area contributed by atoms with Gasteiger partial charge in [0.2, 0.25) is 0 Å². The standard InChI is InChI=1S/C65H50N4O2/c1-64(2,3)43-29-32-53-51(37-43)52-38-44(65(4,5)6)30-33-54(52)69(53)60-49(39-18-9-7-10-19-39)34-42(35-50(60)40-20-11-8-12-21-40)62-66-61(41-28-31-46-45-22-13-15-25-55(45)71-58(46)36-41)67-63(68-62)48-24-17-27-57-59(48)47-23-14-16-26-56(47)70-57/h7-38H,1-6H3. The summed E-state index contributed by atoms with van der Waals surface area (Å²) in [7, 11) is 0. The van der Waals surface area contributed by atoms with Gasteiger partial charge < -0.3 is 13.4 Å². The molecule has 4 heterocycles. The number of rotatable bonds is 6. The Bertz CT molecular complexity index is 4110. The number of furan rings is 2. The summed E-state index contributed by atoms with van der Waals surface area (Å²) in [4.78, 5) is 16.2. The van der Waals surface area contributed by atoms with Gasteiger partial charge in [0, 0.05) is 60.1 Å². The molecule has 342 valence electrons. The molecule has 0 amide bonds. The van der Waals surface area contributed by atoms with Crippen LogP contribution in [0, 0.1) is 0 Å². The Hall–Kier alpha value is -8.61. The molecule has 9 aromatic carbocycles. The molecule has 71 heavy (non-hydrogen) atoms. The van der Waals surface area contributed by atoms with E-state index in [1.165, 1.54) is 21.9 Å². The summed E-state index contributed by atoms with van der Waals surface area (Å²) in [6.45, 7) is 13.8. The molecule has 0 aliphatic rings. The van der Waals surface area contributed by atoms with Gasteiger partial charge in [-0.1, -0.05) is 169 Å². The summed E-state index contributed by atoms with van der Waals surface area (Å²) in [6.07, 6.45) is 0. The van der Waals surface area contributed by atoms with Crippen molar-refractivity contribution in [1.29, 1.82) is 0 Å². The Kier molecular flexibility index (Phi) is 9.56. The minimum atomic E-state index is -0.0351. The van der Waals surface area contributed by atoms with Gasteiger partial charge in [-0.2, -0.15) is 0 Å². The third-order valence-electron chi connectivity index (χ3n) is 14.2. The molecule has 6 nitrogen and oxygen atoms in total. The van der Waals surface area contributed by atoms with E-state index in [1.807, 2.05) is 48.5 Å². The van der Waals surface area contributed by atoms with Crippen molar-refractivity contribution in [3.05, 3.63) is 205 Å². The summed E-state index contributed by atoms with van der Waals surface area (Å²) in [5, 5.41) is 6.53.